The van der Waals surface area contributed by atoms with E-state index in [1.165, 1.54) is 60.4 Å². The molecule has 0 amide bonds. The Hall–Kier alpha value is -1.68. The first-order valence-electron chi connectivity index (χ1n) is 10.5. The molecule has 0 aliphatic heterocycles. The fourth-order valence-corrected chi connectivity index (χ4v) is 3.89. The molecule has 2 rings (SSSR count). The topological polar surface area (TPSA) is 27.7 Å². The van der Waals surface area contributed by atoms with Crippen LogP contribution in [0.2, 0.25) is 0 Å². The summed E-state index contributed by atoms with van der Waals surface area (Å²) in [4.78, 5) is 0. The van der Waals surface area contributed by atoms with Crippen LogP contribution in [0.15, 0.2) is 43.0 Å². The molecule has 2 aromatic carbocycles. The fourth-order valence-electron chi connectivity index (χ4n) is 3.89. The van der Waals surface area contributed by atoms with E-state index >= 15 is 0 Å². The van der Waals surface area contributed by atoms with Crippen LogP contribution in [0.4, 0.5) is 0 Å². The van der Waals surface area contributed by atoms with Crippen LogP contribution in [0.3, 0.4) is 0 Å². The standard InChI is InChI=1S/C25H36O3/c1-5-21-16-13-19-24-22(17-14-18-23(21)24)15-11-9-7-6-8-10-12-20-25(26-2,27-3)28-4/h5,13-14,16-19H,1,6-12,15,20H2,2-4H3. The molecule has 0 aliphatic rings. The summed E-state index contributed by atoms with van der Waals surface area (Å²) in [5.41, 5.74) is 2.68. The maximum Gasteiger partial charge on any atom is 0.282 e. The van der Waals surface area contributed by atoms with Crippen LogP contribution in [0, 0.1) is 0 Å². The molecule has 0 radical (unpaired) electrons. The van der Waals surface area contributed by atoms with Gasteiger partial charge in [0.1, 0.15) is 0 Å². The lowest BCUT2D eigenvalue weighted by Crippen LogP contribution is -2.35. The average molecular weight is 385 g/mol. The Morgan fingerprint density at radius 3 is 1.96 bits per heavy atom. The van der Waals surface area contributed by atoms with E-state index in [-0.39, 0.29) is 0 Å². The Bertz CT molecular complexity index is 711. The van der Waals surface area contributed by atoms with Gasteiger partial charge in [0, 0.05) is 27.8 Å². The van der Waals surface area contributed by atoms with Gasteiger partial charge in [-0.2, -0.15) is 0 Å². The third-order valence-corrected chi connectivity index (χ3v) is 5.63. The summed E-state index contributed by atoms with van der Waals surface area (Å²) in [6, 6.07) is 13.1. The first kappa shape index (κ1) is 22.6. The molecule has 0 fully saturated rings. The molecular weight excluding hydrogens is 348 g/mol. The van der Waals surface area contributed by atoms with Crippen LogP contribution in [0.25, 0.3) is 16.8 Å². The van der Waals surface area contributed by atoms with Gasteiger partial charge in [0.05, 0.1) is 0 Å². The summed E-state index contributed by atoms with van der Waals surface area (Å²) in [7, 11) is 4.88. The van der Waals surface area contributed by atoms with Gasteiger partial charge in [-0.3, -0.25) is 0 Å². The maximum atomic E-state index is 5.33. The number of hydrogen-bond donors (Lipinski definition) is 0. The second-order valence-corrected chi connectivity index (χ2v) is 7.33. The first-order valence-corrected chi connectivity index (χ1v) is 10.5. The van der Waals surface area contributed by atoms with E-state index in [4.69, 9.17) is 14.2 Å². The quantitative estimate of drug-likeness (QED) is 0.267. The van der Waals surface area contributed by atoms with Crippen LogP contribution in [-0.4, -0.2) is 27.3 Å². The number of hydrogen-bond acceptors (Lipinski definition) is 3. The summed E-state index contributed by atoms with van der Waals surface area (Å²) in [5.74, 6) is -0.871. The molecular formula is C25H36O3. The van der Waals surface area contributed by atoms with E-state index in [1.54, 1.807) is 21.3 Å². The summed E-state index contributed by atoms with van der Waals surface area (Å²) in [5, 5.41) is 2.69. The van der Waals surface area contributed by atoms with E-state index in [9.17, 15) is 0 Å². The number of benzene rings is 2. The molecule has 0 atom stereocenters. The van der Waals surface area contributed by atoms with Crippen molar-refractivity contribution in [3.05, 3.63) is 54.1 Å². The lowest BCUT2D eigenvalue weighted by atomic mass is 9.96. The van der Waals surface area contributed by atoms with Crippen LogP contribution in [0.1, 0.15) is 62.5 Å². The number of ether oxygens (including phenoxy) is 3. The zero-order chi connectivity index (χ0) is 20.2. The van der Waals surface area contributed by atoms with Crippen molar-refractivity contribution in [2.75, 3.05) is 21.3 Å². The minimum Gasteiger partial charge on any atom is -0.331 e. The van der Waals surface area contributed by atoms with Crippen molar-refractivity contribution >= 4 is 16.8 Å². The van der Waals surface area contributed by atoms with E-state index in [0.717, 1.165) is 19.3 Å². The number of aryl methyl sites for hydroxylation is 1. The SMILES string of the molecule is C=Cc1cccc2c(CCCCCCCCCC(OC)(OC)OC)cccc12. The van der Waals surface area contributed by atoms with Crippen LogP contribution >= 0.6 is 0 Å². The van der Waals surface area contributed by atoms with Crippen molar-refractivity contribution in [2.24, 2.45) is 0 Å². The van der Waals surface area contributed by atoms with Gasteiger partial charge in [-0.15, -0.1) is 0 Å². The zero-order valence-electron chi connectivity index (χ0n) is 17.8. The molecule has 28 heavy (non-hydrogen) atoms. The third-order valence-electron chi connectivity index (χ3n) is 5.63. The highest BCUT2D eigenvalue weighted by atomic mass is 16.9. The predicted molar refractivity (Wildman–Crippen MR) is 118 cm³/mol. The lowest BCUT2D eigenvalue weighted by Gasteiger charge is -2.28. The Kier molecular flexibility index (Phi) is 9.69. The second kappa shape index (κ2) is 12.0. The highest BCUT2D eigenvalue weighted by Gasteiger charge is 2.28. The number of fused-ring (bicyclic) bond motifs is 1. The van der Waals surface area contributed by atoms with Gasteiger partial charge in [-0.1, -0.05) is 81.2 Å². The van der Waals surface area contributed by atoms with Gasteiger partial charge in [0.25, 0.3) is 5.97 Å². The van der Waals surface area contributed by atoms with Gasteiger partial charge in [0.2, 0.25) is 0 Å². The summed E-state index contributed by atoms with van der Waals surface area (Å²) >= 11 is 0. The summed E-state index contributed by atoms with van der Waals surface area (Å²) in [6.07, 6.45) is 12.5. The highest BCUT2D eigenvalue weighted by molar-refractivity contribution is 5.92. The van der Waals surface area contributed by atoms with Crippen molar-refractivity contribution < 1.29 is 14.2 Å². The zero-order valence-corrected chi connectivity index (χ0v) is 17.8. The van der Waals surface area contributed by atoms with E-state index in [1.807, 2.05) is 6.08 Å². The molecule has 0 spiro atoms. The molecule has 0 bridgehead atoms. The Balaban J connectivity index is 1.65. The second-order valence-electron chi connectivity index (χ2n) is 7.33. The van der Waals surface area contributed by atoms with Crippen molar-refractivity contribution in [2.45, 2.75) is 63.8 Å². The van der Waals surface area contributed by atoms with E-state index < -0.39 is 5.97 Å². The largest absolute Gasteiger partial charge is 0.331 e. The van der Waals surface area contributed by atoms with Gasteiger partial charge < -0.3 is 14.2 Å². The molecule has 2 aromatic rings. The van der Waals surface area contributed by atoms with Gasteiger partial charge in [-0.05, 0) is 41.2 Å². The molecule has 3 heteroatoms. The predicted octanol–water partition coefficient (Wildman–Crippen LogP) is 6.74. The average Bonchev–Trinajstić information content (AvgIpc) is 2.75. The summed E-state index contributed by atoms with van der Waals surface area (Å²) in [6.45, 7) is 3.93. The van der Waals surface area contributed by atoms with E-state index in [0.29, 0.717) is 0 Å². The van der Waals surface area contributed by atoms with Crippen molar-refractivity contribution in [1.29, 1.82) is 0 Å². The van der Waals surface area contributed by atoms with Crippen molar-refractivity contribution in [1.82, 2.24) is 0 Å². The molecule has 0 unspecified atom stereocenters. The summed E-state index contributed by atoms with van der Waals surface area (Å²) < 4.78 is 16.0. The van der Waals surface area contributed by atoms with E-state index in [2.05, 4.69) is 43.0 Å². The number of methoxy groups -OCH3 is 3. The van der Waals surface area contributed by atoms with Crippen molar-refractivity contribution in [3.8, 4) is 0 Å². The van der Waals surface area contributed by atoms with Crippen LogP contribution < -0.4 is 0 Å². The minimum absolute atomic E-state index is 0.768. The molecule has 3 nitrogen and oxygen atoms in total. The molecule has 0 saturated heterocycles. The maximum absolute atomic E-state index is 5.33. The first-order chi connectivity index (χ1) is 13.7. The van der Waals surface area contributed by atoms with Crippen LogP contribution in [0.5, 0.6) is 0 Å². The third kappa shape index (κ3) is 6.16. The lowest BCUT2D eigenvalue weighted by molar-refractivity contribution is -0.355. The Morgan fingerprint density at radius 1 is 0.750 bits per heavy atom. The molecule has 0 aromatic heterocycles. The van der Waals surface area contributed by atoms with Gasteiger partial charge in [0.15, 0.2) is 0 Å². The number of rotatable bonds is 14. The minimum atomic E-state index is -0.871. The molecule has 0 aliphatic carbocycles. The fraction of sp³-hybridized carbons (Fsp3) is 0.520. The molecule has 0 saturated carbocycles. The monoisotopic (exact) mass is 384 g/mol. The Labute approximate surface area is 170 Å². The molecule has 0 heterocycles. The van der Waals surface area contributed by atoms with Gasteiger partial charge in [-0.25, -0.2) is 0 Å². The van der Waals surface area contributed by atoms with Crippen LogP contribution in [-0.2, 0) is 20.6 Å². The van der Waals surface area contributed by atoms with Crippen molar-refractivity contribution in [3.63, 3.8) is 0 Å². The van der Waals surface area contributed by atoms with Gasteiger partial charge >= 0.3 is 0 Å². The Morgan fingerprint density at radius 2 is 1.32 bits per heavy atom. The molecule has 154 valence electrons. The highest BCUT2D eigenvalue weighted by Crippen LogP contribution is 2.25. The smallest absolute Gasteiger partial charge is 0.282 e. The molecule has 0 N–H and O–H groups in total. The normalized spacial score (nSPS) is 11.8. The number of unbranched alkanes of at least 4 members (excludes halogenated alkanes) is 6.